The summed E-state index contributed by atoms with van der Waals surface area (Å²) in [6.07, 6.45) is 0. The molecule has 0 N–H and O–H groups in total. The second kappa shape index (κ2) is 3.48. The van der Waals surface area contributed by atoms with Crippen molar-refractivity contribution in [1.29, 1.82) is 0 Å². The molecule has 0 fully saturated rings. The van der Waals surface area contributed by atoms with Crippen LogP contribution in [-0.4, -0.2) is 8.32 Å². The van der Waals surface area contributed by atoms with Gasteiger partial charge < -0.3 is 4.43 Å². The molecule has 1 aliphatic rings. The molecule has 0 bridgehead atoms. The first-order valence-corrected chi connectivity index (χ1v) is 7.47. The van der Waals surface area contributed by atoms with Gasteiger partial charge in [-0.3, -0.25) is 0 Å². The van der Waals surface area contributed by atoms with Crippen LogP contribution in [0.1, 0.15) is 19.4 Å². The standard InChI is InChI=1S/C11H15FOSi/c1-3-14(4-2)11-6-5-10(12)7-9(11)8-13-14/h5-7H,3-4,8H2,1-2H3. The summed E-state index contributed by atoms with van der Waals surface area (Å²) in [5.74, 6) is -0.149. The number of rotatable bonds is 2. The fourth-order valence-electron chi connectivity index (χ4n) is 2.25. The van der Waals surface area contributed by atoms with Gasteiger partial charge in [-0.25, -0.2) is 4.39 Å². The van der Waals surface area contributed by atoms with Gasteiger partial charge in [-0.2, -0.15) is 0 Å². The van der Waals surface area contributed by atoms with E-state index in [0.717, 1.165) is 17.7 Å². The molecular weight excluding hydrogens is 195 g/mol. The molecule has 0 saturated carbocycles. The van der Waals surface area contributed by atoms with Crippen molar-refractivity contribution in [3.05, 3.63) is 29.6 Å². The van der Waals surface area contributed by atoms with Crippen LogP contribution in [0.3, 0.4) is 0 Å². The quantitative estimate of drug-likeness (QED) is 0.682. The molecule has 0 spiro atoms. The van der Waals surface area contributed by atoms with Crippen molar-refractivity contribution in [2.45, 2.75) is 32.5 Å². The Labute approximate surface area is 85.0 Å². The molecule has 0 saturated heterocycles. The lowest BCUT2D eigenvalue weighted by Gasteiger charge is -2.23. The Kier molecular flexibility index (Phi) is 2.45. The SMILES string of the molecule is CC[Si]1(CC)OCc2cc(F)ccc21. The van der Waals surface area contributed by atoms with Crippen LogP contribution in [-0.2, 0) is 11.0 Å². The zero-order valence-corrected chi connectivity index (χ0v) is 9.64. The van der Waals surface area contributed by atoms with Gasteiger partial charge in [-0.05, 0) is 35.0 Å². The molecule has 1 aliphatic heterocycles. The van der Waals surface area contributed by atoms with E-state index >= 15 is 0 Å². The molecular formula is C11H15FOSi. The second-order valence-corrected chi connectivity index (χ2v) is 8.02. The van der Waals surface area contributed by atoms with Crippen molar-refractivity contribution >= 4 is 13.5 Å². The molecule has 0 atom stereocenters. The van der Waals surface area contributed by atoms with E-state index in [1.807, 2.05) is 6.07 Å². The molecule has 14 heavy (non-hydrogen) atoms. The Hall–Kier alpha value is -0.673. The zero-order valence-electron chi connectivity index (χ0n) is 8.64. The minimum absolute atomic E-state index is 0.149. The Morgan fingerprint density at radius 1 is 1.36 bits per heavy atom. The number of halogens is 1. The van der Waals surface area contributed by atoms with E-state index < -0.39 is 8.32 Å². The number of hydrogen-bond acceptors (Lipinski definition) is 1. The molecule has 1 aromatic carbocycles. The summed E-state index contributed by atoms with van der Waals surface area (Å²) in [6, 6.07) is 7.27. The summed E-state index contributed by atoms with van der Waals surface area (Å²) in [7, 11) is -1.69. The van der Waals surface area contributed by atoms with E-state index in [2.05, 4.69) is 13.8 Å². The maximum absolute atomic E-state index is 13.0. The lowest BCUT2D eigenvalue weighted by molar-refractivity contribution is 0.312. The predicted molar refractivity (Wildman–Crippen MR) is 57.5 cm³/mol. The van der Waals surface area contributed by atoms with Gasteiger partial charge in [0.2, 0.25) is 8.32 Å². The van der Waals surface area contributed by atoms with Crippen LogP contribution in [0.4, 0.5) is 4.39 Å². The average molecular weight is 210 g/mol. The van der Waals surface area contributed by atoms with Gasteiger partial charge in [-0.15, -0.1) is 0 Å². The predicted octanol–water partition coefficient (Wildman–Crippen LogP) is 2.55. The lowest BCUT2D eigenvalue weighted by atomic mass is 10.2. The minimum Gasteiger partial charge on any atom is -0.408 e. The zero-order chi connectivity index (χ0) is 10.2. The topological polar surface area (TPSA) is 9.23 Å². The first kappa shape index (κ1) is 9.87. The Morgan fingerprint density at radius 3 is 2.71 bits per heavy atom. The van der Waals surface area contributed by atoms with E-state index in [0.29, 0.717) is 6.61 Å². The maximum Gasteiger partial charge on any atom is 0.224 e. The highest BCUT2D eigenvalue weighted by atomic mass is 28.4. The molecule has 76 valence electrons. The second-order valence-electron chi connectivity index (χ2n) is 3.79. The van der Waals surface area contributed by atoms with Gasteiger partial charge in [0.25, 0.3) is 0 Å². The average Bonchev–Trinajstić information content (AvgIpc) is 2.56. The largest absolute Gasteiger partial charge is 0.408 e. The normalized spacial score (nSPS) is 18.2. The molecule has 1 heterocycles. The van der Waals surface area contributed by atoms with E-state index in [1.54, 1.807) is 12.1 Å². The lowest BCUT2D eigenvalue weighted by Crippen LogP contribution is -2.45. The summed E-state index contributed by atoms with van der Waals surface area (Å²) >= 11 is 0. The molecule has 3 heteroatoms. The Balaban J connectivity index is 2.48. The highest BCUT2D eigenvalue weighted by Crippen LogP contribution is 2.26. The van der Waals surface area contributed by atoms with Gasteiger partial charge in [0.15, 0.2) is 0 Å². The van der Waals surface area contributed by atoms with Crippen LogP contribution in [0.2, 0.25) is 12.1 Å². The van der Waals surface area contributed by atoms with E-state index in [-0.39, 0.29) is 5.82 Å². The third-order valence-electron chi connectivity index (χ3n) is 3.20. The van der Waals surface area contributed by atoms with Gasteiger partial charge in [0, 0.05) is 0 Å². The fraction of sp³-hybridized carbons (Fsp3) is 0.455. The maximum atomic E-state index is 13.0. The summed E-state index contributed by atoms with van der Waals surface area (Å²) in [4.78, 5) is 0. The molecule has 0 aromatic heterocycles. The van der Waals surface area contributed by atoms with Gasteiger partial charge in [-0.1, -0.05) is 19.9 Å². The molecule has 0 radical (unpaired) electrons. The smallest absolute Gasteiger partial charge is 0.224 e. The Bertz CT molecular complexity index is 347. The van der Waals surface area contributed by atoms with Gasteiger partial charge in [0.05, 0.1) is 6.61 Å². The van der Waals surface area contributed by atoms with Crippen LogP contribution >= 0.6 is 0 Å². The molecule has 2 rings (SSSR count). The van der Waals surface area contributed by atoms with E-state index in [1.165, 1.54) is 5.19 Å². The molecule has 1 nitrogen and oxygen atoms in total. The molecule has 0 unspecified atom stereocenters. The van der Waals surface area contributed by atoms with Crippen molar-refractivity contribution < 1.29 is 8.82 Å². The first-order valence-electron chi connectivity index (χ1n) is 5.14. The van der Waals surface area contributed by atoms with Gasteiger partial charge in [0.1, 0.15) is 5.82 Å². The summed E-state index contributed by atoms with van der Waals surface area (Å²) in [5, 5.41) is 1.31. The highest BCUT2D eigenvalue weighted by Gasteiger charge is 2.40. The van der Waals surface area contributed by atoms with Crippen molar-refractivity contribution in [2.75, 3.05) is 0 Å². The number of fused-ring (bicyclic) bond motifs is 1. The fourth-order valence-corrected chi connectivity index (χ4v) is 5.63. The molecule has 0 aliphatic carbocycles. The van der Waals surface area contributed by atoms with E-state index in [9.17, 15) is 4.39 Å². The van der Waals surface area contributed by atoms with Crippen LogP contribution in [0, 0.1) is 5.82 Å². The van der Waals surface area contributed by atoms with Crippen LogP contribution in [0.5, 0.6) is 0 Å². The third kappa shape index (κ3) is 1.31. The molecule has 0 amide bonds. The number of benzene rings is 1. The van der Waals surface area contributed by atoms with Gasteiger partial charge >= 0.3 is 0 Å². The number of hydrogen-bond donors (Lipinski definition) is 0. The Morgan fingerprint density at radius 2 is 2.07 bits per heavy atom. The van der Waals surface area contributed by atoms with Crippen molar-refractivity contribution in [3.8, 4) is 0 Å². The van der Waals surface area contributed by atoms with Crippen molar-refractivity contribution in [1.82, 2.24) is 0 Å². The monoisotopic (exact) mass is 210 g/mol. The summed E-state index contributed by atoms with van der Waals surface area (Å²) in [6.45, 7) is 4.96. The summed E-state index contributed by atoms with van der Waals surface area (Å²) < 4.78 is 18.9. The molecule has 1 aromatic rings. The third-order valence-corrected chi connectivity index (χ3v) is 7.66. The van der Waals surface area contributed by atoms with Crippen molar-refractivity contribution in [2.24, 2.45) is 0 Å². The van der Waals surface area contributed by atoms with E-state index in [4.69, 9.17) is 4.43 Å². The van der Waals surface area contributed by atoms with Crippen molar-refractivity contribution in [3.63, 3.8) is 0 Å². The first-order chi connectivity index (χ1) is 6.72. The summed E-state index contributed by atoms with van der Waals surface area (Å²) in [5.41, 5.74) is 1.07. The minimum atomic E-state index is -1.69. The van der Waals surface area contributed by atoms with Crippen LogP contribution in [0.15, 0.2) is 18.2 Å². The van der Waals surface area contributed by atoms with Crippen LogP contribution in [0.25, 0.3) is 0 Å². The van der Waals surface area contributed by atoms with Crippen LogP contribution < -0.4 is 5.19 Å². The highest BCUT2D eigenvalue weighted by molar-refractivity contribution is 6.87.